The maximum absolute atomic E-state index is 10.5. The average molecular weight is 267 g/mol. The minimum absolute atomic E-state index is 0.478. The second-order valence-electron chi connectivity index (χ2n) is 5.65. The zero-order valence-corrected chi connectivity index (χ0v) is 11.5. The predicted molar refractivity (Wildman–Crippen MR) is 73.8 cm³/mol. The van der Waals surface area contributed by atoms with Crippen LogP contribution in [0.3, 0.4) is 0 Å². The first-order valence-corrected chi connectivity index (χ1v) is 7.27. The van der Waals surface area contributed by atoms with E-state index in [1.165, 1.54) is 12.8 Å². The molecule has 1 fully saturated rings. The Morgan fingerprint density at radius 1 is 1.26 bits per heavy atom. The van der Waals surface area contributed by atoms with E-state index in [0.717, 1.165) is 25.7 Å². The van der Waals surface area contributed by atoms with Crippen molar-refractivity contribution in [2.24, 2.45) is 0 Å². The summed E-state index contributed by atoms with van der Waals surface area (Å²) in [6.45, 7) is 1.55. The molecule has 1 heterocycles. The molecule has 0 spiro atoms. The van der Waals surface area contributed by atoms with E-state index in [1.54, 1.807) is 10.9 Å². The first-order chi connectivity index (χ1) is 9.18. The van der Waals surface area contributed by atoms with Gasteiger partial charge in [0.15, 0.2) is 0 Å². The SMILES string of the molecule is OC(CNCC1(O)CCCCCC1)Cn1cccn1. The van der Waals surface area contributed by atoms with Gasteiger partial charge in [0.05, 0.1) is 18.2 Å². The summed E-state index contributed by atoms with van der Waals surface area (Å²) < 4.78 is 1.71. The fourth-order valence-corrected chi connectivity index (χ4v) is 2.72. The molecule has 1 saturated carbocycles. The van der Waals surface area contributed by atoms with E-state index in [-0.39, 0.29) is 0 Å². The summed E-state index contributed by atoms with van der Waals surface area (Å²) in [6.07, 6.45) is 9.46. The number of aliphatic hydroxyl groups excluding tert-OH is 1. The van der Waals surface area contributed by atoms with Crippen LogP contribution in [0.4, 0.5) is 0 Å². The van der Waals surface area contributed by atoms with Gasteiger partial charge < -0.3 is 15.5 Å². The van der Waals surface area contributed by atoms with Crippen molar-refractivity contribution in [2.75, 3.05) is 13.1 Å². The van der Waals surface area contributed by atoms with Crippen molar-refractivity contribution in [3.63, 3.8) is 0 Å². The normalized spacial score (nSPS) is 20.9. The Hall–Kier alpha value is -0.910. The lowest BCUT2D eigenvalue weighted by Gasteiger charge is -2.27. The zero-order valence-electron chi connectivity index (χ0n) is 11.5. The molecule has 3 N–H and O–H groups in total. The number of hydrogen-bond donors (Lipinski definition) is 3. The molecule has 5 heteroatoms. The molecule has 108 valence electrons. The summed E-state index contributed by atoms with van der Waals surface area (Å²) in [5, 5.41) is 27.6. The van der Waals surface area contributed by atoms with Gasteiger partial charge in [-0.05, 0) is 18.9 Å². The lowest BCUT2D eigenvalue weighted by atomic mass is 9.94. The van der Waals surface area contributed by atoms with Crippen LogP contribution in [0, 0.1) is 0 Å². The standard InChI is InChI=1S/C14H25N3O2/c18-13(11-17-9-5-8-16-17)10-15-12-14(19)6-3-1-2-4-7-14/h5,8-9,13,15,18-19H,1-4,6-7,10-12H2. The van der Waals surface area contributed by atoms with Crippen LogP contribution < -0.4 is 5.32 Å². The van der Waals surface area contributed by atoms with Crippen LogP contribution in [-0.2, 0) is 6.54 Å². The van der Waals surface area contributed by atoms with Gasteiger partial charge in [0, 0.05) is 25.5 Å². The van der Waals surface area contributed by atoms with Crippen LogP contribution in [0.2, 0.25) is 0 Å². The smallest absolute Gasteiger partial charge is 0.0860 e. The number of nitrogens with one attached hydrogen (secondary N) is 1. The second kappa shape index (κ2) is 7.03. The second-order valence-corrected chi connectivity index (χ2v) is 5.65. The van der Waals surface area contributed by atoms with E-state index in [4.69, 9.17) is 0 Å². The summed E-state index contributed by atoms with van der Waals surface area (Å²) >= 11 is 0. The van der Waals surface area contributed by atoms with Gasteiger partial charge in [-0.3, -0.25) is 4.68 Å². The fourth-order valence-electron chi connectivity index (χ4n) is 2.72. The van der Waals surface area contributed by atoms with E-state index in [9.17, 15) is 10.2 Å². The maximum atomic E-state index is 10.5. The van der Waals surface area contributed by atoms with Crippen molar-refractivity contribution in [1.82, 2.24) is 15.1 Å². The van der Waals surface area contributed by atoms with Crippen LogP contribution in [0.5, 0.6) is 0 Å². The van der Waals surface area contributed by atoms with Gasteiger partial charge in [0.1, 0.15) is 0 Å². The lowest BCUT2D eigenvalue weighted by molar-refractivity contribution is 0.0218. The van der Waals surface area contributed by atoms with E-state index >= 15 is 0 Å². The predicted octanol–water partition coefficient (Wildman–Crippen LogP) is 0.919. The molecule has 0 aliphatic heterocycles. The van der Waals surface area contributed by atoms with E-state index in [2.05, 4.69) is 10.4 Å². The number of hydrogen-bond acceptors (Lipinski definition) is 4. The highest BCUT2D eigenvalue weighted by atomic mass is 16.3. The highest BCUT2D eigenvalue weighted by molar-refractivity contribution is 4.84. The molecule has 0 saturated heterocycles. The summed E-state index contributed by atoms with van der Waals surface area (Å²) in [5.74, 6) is 0. The molecule has 1 aliphatic carbocycles. The minimum atomic E-state index is -0.581. The van der Waals surface area contributed by atoms with Gasteiger partial charge >= 0.3 is 0 Å². The highest BCUT2D eigenvalue weighted by Crippen LogP contribution is 2.26. The average Bonchev–Trinajstić information content (AvgIpc) is 2.77. The van der Waals surface area contributed by atoms with Gasteiger partial charge in [-0.2, -0.15) is 5.10 Å². The number of rotatable bonds is 6. The van der Waals surface area contributed by atoms with Crippen LogP contribution in [-0.4, -0.2) is 44.8 Å². The minimum Gasteiger partial charge on any atom is -0.390 e. The van der Waals surface area contributed by atoms with Crippen molar-refractivity contribution >= 4 is 0 Å². The zero-order chi connectivity index (χ0) is 13.6. The Morgan fingerprint density at radius 2 is 2.00 bits per heavy atom. The van der Waals surface area contributed by atoms with Crippen molar-refractivity contribution in [3.05, 3.63) is 18.5 Å². The number of aromatic nitrogens is 2. The Labute approximate surface area is 114 Å². The Kier molecular flexibility index (Phi) is 5.36. The van der Waals surface area contributed by atoms with Crippen molar-refractivity contribution in [2.45, 2.75) is 56.8 Å². The Morgan fingerprint density at radius 3 is 2.63 bits per heavy atom. The van der Waals surface area contributed by atoms with E-state index < -0.39 is 11.7 Å². The molecular formula is C14H25N3O2. The molecule has 19 heavy (non-hydrogen) atoms. The first-order valence-electron chi connectivity index (χ1n) is 7.27. The van der Waals surface area contributed by atoms with Gasteiger partial charge in [0.2, 0.25) is 0 Å². The third kappa shape index (κ3) is 4.93. The van der Waals surface area contributed by atoms with Crippen molar-refractivity contribution in [3.8, 4) is 0 Å². The van der Waals surface area contributed by atoms with Gasteiger partial charge in [0.25, 0.3) is 0 Å². The monoisotopic (exact) mass is 267 g/mol. The summed E-state index contributed by atoms with van der Waals surface area (Å²) in [5.41, 5.74) is -0.581. The van der Waals surface area contributed by atoms with Crippen LogP contribution in [0.25, 0.3) is 0 Å². The van der Waals surface area contributed by atoms with E-state index in [1.807, 2.05) is 12.3 Å². The number of aliphatic hydroxyl groups is 2. The van der Waals surface area contributed by atoms with Crippen LogP contribution >= 0.6 is 0 Å². The molecule has 0 radical (unpaired) electrons. The van der Waals surface area contributed by atoms with Gasteiger partial charge in [-0.15, -0.1) is 0 Å². The first kappa shape index (κ1) is 14.5. The molecule has 1 aliphatic rings. The lowest BCUT2D eigenvalue weighted by Crippen LogP contribution is -2.43. The maximum Gasteiger partial charge on any atom is 0.0860 e. The largest absolute Gasteiger partial charge is 0.390 e. The Balaban J connectivity index is 1.67. The van der Waals surface area contributed by atoms with Crippen molar-refractivity contribution in [1.29, 1.82) is 0 Å². The molecule has 1 aromatic heterocycles. The van der Waals surface area contributed by atoms with Crippen LogP contribution in [0.15, 0.2) is 18.5 Å². The molecule has 0 amide bonds. The van der Waals surface area contributed by atoms with E-state index in [0.29, 0.717) is 19.6 Å². The molecule has 0 aromatic carbocycles. The van der Waals surface area contributed by atoms with Gasteiger partial charge in [-0.25, -0.2) is 0 Å². The molecule has 1 aromatic rings. The molecule has 0 bridgehead atoms. The summed E-state index contributed by atoms with van der Waals surface area (Å²) in [4.78, 5) is 0. The van der Waals surface area contributed by atoms with Gasteiger partial charge in [-0.1, -0.05) is 25.7 Å². The molecular weight excluding hydrogens is 242 g/mol. The highest BCUT2D eigenvalue weighted by Gasteiger charge is 2.27. The van der Waals surface area contributed by atoms with Crippen LogP contribution in [0.1, 0.15) is 38.5 Å². The molecule has 5 nitrogen and oxygen atoms in total. The quantitative estimate of drug-likeness (QED) is 0.670. The molecule has 2 rings (SSSR count). The third-order valence-corrected chi connectivity index (χ3v) is 3.83. The Bertz CT molecular complexity index is 346. The fraction of sp³-hybridized carbons (Fsp3) is 0.786. The third-order valence-electron chi connectivity index (χ3n) is 3.83. The topological polar surface area (TPSA) is 70.3 Å². The molecule has 1 unspecified atom stereocenters. The summed E-state index contributed by atoms with van der Waals surface area (Å²) in [6, 6.07) is 1.84. The number of nitrogens with zero attached hydrogens (tertiary/aromatic N) is 2. The van der Waals surface area contributed by atoms with Crippen molar-refractivity contribution < 1.29 is 10.2 Å². The molecule has 1 atom stereocenters. The summed E-state index contributed by atoms with van der Waals surface area (Å²) in [7, 11) is 0.